The van der Waals surface area contributed by atoms with E-state index in [4.69, 9.17) is 9.47 Å². The molecule has 0 aliphatic carbocycles. The number of benzene rings is 2. The average molecular weight is 379 g/mol. The second-order valence-electron chi connectivity index (χ2n) is 6.39. The van der Waals surface area contributed by atoms with Crippen LogP contribution in [-0.4, -0.2) is 29.8 Å². The van der Waals surface area contributed by atoms with Gasteiger partial charge in [-0.25, -0.2) is 0 Å². The number of carbonyl (C=O) groups excluding carboxylic acids is 1. The third kappa shape index (κ3) is 4.91. The number of unbranched alkanes of at least 4 members (excludes halogenated alkanes) is 1. The van der Waals surface area contributed by atoms with Crippen LogP contribution in [0, 0.1) is 0 Å². The number of amides is 1. The van der Waals surface area contributed by atoms with Gasteiger partial charge in [-0.2, -0.15) is 5.10 Å². The highest BCUT2D eigenvalue weighted by Gasteiger charge is 2.12. The minimum Gasteiger partial charge on any atom is -0.496 e. The molecule has 28 heavy (non-hydrogen) atoms. The molecule has 2 N–H and O–H groups in total. The lowest BCUT2D eigenvalue weighted by Crippen LogP contribution is -2.23. The van der Waals surface area contributed by atoms with Crippen LogP contribution in [0.3, 0.4) is 0 Å². The van der Waals surface area contributed by atoms with Crippen LogP contribution < -0.4 is 14.8 Å². The minimum absolute atomic E-state index is 0.218. The molecule has 1 heterocycles. The van der Waals surface area contributed by atoms with Crippen LogP contribution in [0.15, 0.2) is 54.6 Å². The zero-order valence-electron chi connectivity index (χ0n) is 16.2. The van der Waals surface area contributed by atoms with Crippen molar-refractivity contribution in [2.45, 2.75) is 26.3 Å². The SMILES string of the molecule is CCCCOc1ccc(-c2cc(C(=O)NCc3ccccc3OC)[nH]n2)cc1. The average Bonchev–Trinajstić information content (AvgIpc) is 3.23. The Bertz CT molecular complexity index is 903. The van der Waals surface area contributed by atoms with Crippen molar-refractivity contribution >= 4 is 5.91 Å². The van der Waals surface area contributed by atoms with E-state index in [9.17, 15) is 4.79 Å². The highest BCUT2D eigenvalue weighted by atomic mass is 16.5. The van der Waals surface area contributed by atoms with Gasteiger partial charge < -0.3 is 14.8 Å². The van der Waals surface area contributed by atoms with Crippen molar-refractivity contribution in [3.63, 3.8) is 0 Å². The van der Waals surface area contributed by atoms with Gasteiger partial charge in [0.05, 0.1) is 19.4 Å². The predicted octanol–water partition coefficient (Wildman–Crippen LogP) is 4.19. The van der Waals surface area contributed by atoms with Gasteiger partial charge in [0.15, 0.2) is 0 Å². The van der Waals surface area contributed by atoms with E-state index in [0.717, 1.165) is 42.1 Å². The molecule has 0 radical (unpaired) electrons. The molecule has 3 rings (SSSR count). The summed E-state index contributed by atoms with van der Waals surface area (Å²) in [5, 5.41) is 9.93. The predicted molar refractivity (Wildman–Crippen MR) is 109 cm³/mol. The van der Waals surface area contributed by atoms with Crippen molar-refractivity contribution in [1.82, 2.24) is 15.5 Å². The Balaban J connectivity index is 1.60. The second kappa shape index (κ2) is 9.60. The minimum atomic E-state index is -0.218. The molecule has 0 bridgehead atoms. The topological polar surface area (TPSA) is 76.2 Å². The van der Waals surface area contributed by atoms with Crippen molar-refractivity contribution in [3.8, 4) is 22.8 Å². The number of H-pyrrole nitrogens is 1. The fraction of sp³-hybridized carbons (Fsp3) is 0.273. The summed E-state index contributed by atoms with van der Waals surface area (Å²) in [7, 11) is 1.61. The van der Waals surface area contributed by atoms with E-state index in [1.807, 2.05) is 48.5 Å². The summed E-state index contributed by atoms with van der Waals surface area (Å²) in [6, 6.07) is 17.0. The number of methoxy groups -OCH3 is 1. The van der Waals surface area contributed by atoms with Crippen LogP contribution in [0.1, 0.15) is 35.8 Å². The molecule has 146 valence electrons. The first-order valence-corrected chi connectivity index (χ1v) is 9.40. The lowest BCUT2D eigenvalue weighted by Gasteiger charge is -2.08. The number of hydrogen-bond donors (Lipinski definition) is 2. The molecular weight excluding hydrogens is 354 g/mol. The van der Waals surface area contributed by atoms with Crippen molar-refractivity contribution in [2.75, 3.05) is 13.7 Å². The van der Waals surface area contributed by atoms with Crippen molar-refractivity contribution in [1.29, 1.82) is 0 Å². The smallest absolute Gasteiger partial charge is 0.269 e. The monoisotopic (exact) mass is 379 g/mol. The van der Waals surface area contributed by atoms with Gasteiger partial charge in [0, 0.05) is 17.7 Å². The van der Waals surface area contributed by atoms with Crippen molar-refractivity contribution in [3.05, 3.63) is 65.9 Å². The van der Waals surface area contributed by atoms with Gasteiger partial charge in [0.25, 0.3) is 5.91 Å². The molecule has 0 aliphatic rings. The Hall–Kier alpha value is -3.28. The third-order valence-electron chi connectivity index (χ3n) is 4.37. The maximum absolute atomic E-state index is 12.4. The van der Waals surface area contributed by atoms with Gasteiger partial charge in [-0.15, -0.1) is 0 Å². The Labute approximate surface area is 164 Å². The Kier molecular flexibility index (Phi) is 6.68. The highest BCUT2D eigenvalue weighted by molar-refractivity contribution is 5.93. The van der Waals surface area contributed by atoms with E-state index in [2.05, 4.69) is 22.4 Å². The molecule has 0 aliphatic heterocycles. The molecule has 0 atom stereocenters. The fourth-order valence-electron chi connectivity index (χ4n) is 2.76. The third-order valence-corrected chi connectivity index (χ3v) is 4.37. The van der Waals surface area contributed by atoms with E-state index in [-0.39, 0.29) is 5.91 Å². The largest absolute Gasteiger partial charge is 0.496 e. The molecular formula is C22H25N3O3. The van der Waals surface area contributed by atoms with Crippen molar-refractivity contribution < 1.29 is 14.3 Å². The van der Waals surface area contributed by atoms with Gasteiger partial charge in [0.1, 0.15) is 17.2 Å². The Morgan fingerprint density at radius 2 is 1.93 bits per heavy atom. The van der Waals surface area contributed by atoms with Crippen LogP contribution in [-0.2, 0) is 6.54 Å². The number of aromatic amines is 1. The van der Waals surface area contributed by atoms with Crippen LogP contribution >= 0.6 is 0 Å². The first kappa shape index (κ1) is 19.5. The Morgan fingerprint density at radius 3 is 2.68 bits per heavy atom. The number of aromatic nitrogens is 2. The van der Waals surface area contributed by atoms with Gasteiger partial charge in [-0.05, 0) is 42.8 Å². The first-order valence-electron chi connectivity index (χ1n) is 9.40. The molecule has 2 aromatic carbocycles. The molecule has 0 spiro atoms. The zero-order valence-corrected chi connectivity index (χ0v) is 16.2. The number of hydrogen-bond acceptors (Lipinski definition) is 4. The van der Waals surface area contributed by atoms with Crippen molar-refractivity contribution in [2.24, 2.45) is 0 Å². The molecule has 0 fully saturated rings. The van der Waals surface area contributed by atoms with E-state index in [1.165, 1.54) is 0 Å². The lowest BCUT2D eigenvalue weighted by molar-refractivity contribution is 0.0945. The summed E-state index contributed by atoms with van der Waals surface area (Å²) < 4.78 is 11.0. The summed E-state index contributed by atoms with van der Waals surface area (Å²) in [4.78, 5) is 12.4. The van der Waals surface area contributed by atoms with Gasteiger partial charge in [-0.3, -0.25) is 9.89 Å². The normalized spacial score (nSPS) is 10.5. The number of ether oxygens (including phenoxy) is 2. The summed E-state index contributed by atoms with van der Waals surface area (Å²) in [6.45, 7) is 3.23. The van der Waals surface area contributed by atoms with E-state index < -0.39 is 0 Å². The summed E-state index contributed by atoms with van der Waals surface area (Å²) in [5.41, 5.74) is 2.95. The van der Waals surface area contributed by atoms with Crippen LogP contribution in [0.5, 0.6) is 11.5 Å². The molecule has 3 aromatic rings. The number of nitrogens with one attached hydrogen (secondary N) is 2. The maximum atomic E-state index is 12.4. The van der Waals surface area contributed by atoms with Crippen LogP contribution in [0.4, 0.5) is 0 Å². The molecule has 6 nitrogen and oxygen atoms in total. The lowest BCUT2D eigenvalue weighted by atomic mass is 10.1. The van der Waals surface area contributed by atoms with E-state index in [1.54, 1.807) is 13.2 Å². The molecule has 6 heteroatoms. The van der Waals surface area contributed by atoms with E-state index in [0.29, 0.717) is 17.9 Å². The summed E-state index contributed by atoms with van der Waals surface area (Å²) in [5.74, 6) is 1.36. The van der Waals surface area contributed by atoms with Gasteiger partial charge >= 0.3 is 0 Å². The molecule has 1 amide bonds. The van der Waals surface area contributed by atoms with Gasteiger partial charge in [0.2, 0.25) is 0 Å². The van der Waals surface area contributed by atoms with Gasteiger partial charge in [-0.1, -0.05) is 31.5 Å². The number of rotatable bonds is 9. The Morgan fingerprint density at radius 1 is 1.14 bits per heavy atom. The number of nitrogens with zero attached hydrogens (tertiary/aromatic N) is 1. The maximum Gasteiger partial charge on any atom is 0.269 e. The molecule has 1 aromatic heterocycles. The second-order valence-corrected chi connectivity index (χ2v) is 6.39. The van der Waals surface area contributed by atoms with Crippen LogP contribution in [0.2, 0.25) is 0 Å². The highest BCUT2D eigenvalue weighted by Crippen LogP contribution is 2.22. The number of carbonyl (C=O) groups is 1. The molecule has 0 saturated carbocycles. The summed E-state index contributed by atoms with van der Waals surface area (Å²) >= 11 is 0. The zero-order chi connectivity index (χ0) is 19.8. The van der Waals surface area contributed by atoms with Crippen LogP contribution in [0.25, 0.3) is 11.3 Å². The number of para-hydroxylation sites is 1. The standard InChI is InChI=1S/C22H25N3O3/c1-3-4-13-28-18-11-9-16(10-12-18)19-14-20(25-24-19)22(26)23-15-17-7-5-6-8-21(17)27-2/h5-12,14H,3-4,13,15H2,1-2H3,(H,23,26)(H,24,25). The summed E-state index contributed by atoms with van der Waals surface area (Å²) in [6.07, 6.45) is 2.14. The molecule has 0 unspecified atom stereocenters. The fourth-order valence-corrected chi connectivity index (χ4v) is 2.76. The van der Waals surface area contributed by atoms with E-state index >= 15 is 0 Å². The first-order chi connectivity index (χ1) is 13.7. The quantitative estimate of drug-likeness (QED) is 0.547. The molecule has 0 saturated heterocycles.